The first-order valence-electron chi connectivity index (χ1n) is 5.56. The van der Waals surface area contributed by atoms with E-state index in [9.17, 15) is 66.3 Å². The smallest absolute Gasteiger partial charge is 0.477 e. The Hall–Kier alpha value is -1.67. The number of carbonyl (C=O) groups is 1. The number of halogens is 14. The molecular weight excluding hydrogens is 458 g/mol. The van der Waals surface area contributed by atoms with Gasteiger partial charge >= 0.3 is 43.1 Å². The molecule has 0 aliphatic carbocycles. The van der Waals surface area contributed by atoms with Crippen LogP contribution in [0.3, 0.4) is 0 Å². The molecular formula is C8H2F14O6. The van der Waals surface area contributed by atoms with Crippen LogP contribution < -0.4 is 0 Å². The molecule has 1 N–H and O–H groups in total. The maximum absolute atomic E-state index is 12.8. The Balaban J connectivity index is 5.38. The van der Waals surface area contributed by atoms with Gasteiger partial charge in [0.15, 0.2) is 0 Å². The summed E-state index contributed by atoms with van der Waals surface area (Å²) in [6, 6.07) is 0. The molecule has 0 saturated carbocycles. The molecule has 0 aliphatic rings. The third kappa shape index (κ3) is 7.39. The van der Waals surface area contributed by atoms with Crippen LogP contribution in [-0.2, 0) is 23.7 Å². The zero-order valence-electron chi connectivity index (χ0n) is 11.9. The first kappa shape index (κ1) is 26.3. The van der Waals surface area contributed by atoms with Crippen molar-refractivity contribution in [2.24, 2.45) is 0 Å². The summed E-state index contributed by atoms with van der Waals surface area (Å²) in [4.78, 5) is 9.83. The van der Waals surface area contributed by atoms with Gasteiger partial charge in [-0.2, -0.15) is 31.1 Å². The van der Waals surface area contributed by atoms with Crippen LogP contribution in [0.25, 0.3) is 0 Å². The van der Waals surface area contributed by atoms with E-state index >= 15 is 0 Å². The molecule has 0 aliphatic heterocycles. The molecule has 0 aromatic rings. The molecule has 168 valence electrons. The highest BCUT2D eigenvalue weighted by Gasteiger charge is 2.69. The minimum atomic E-state index is -7.05. The van der Waals surface area contributed by atoms with E-state index in [2.05, 4.69) is 0 Å². The molecule has 20 heteroatoms. The van der Waals surface area contributed by atoms with E-state index in [1.807, 2.05) is 4.74 Å². The van der Waals surface area contributed by atoms with Crippen molar-refractivity contribution in [1.29, 1.82) is 0 Å². The van der Waals surface area contributed by atoms with Gasteiger partial charge in [-0.15, -0.1) is 30.7 Å². The van der Waals surface area contributed by atoms with Gasteiger partial charge in [-0.05, 0) is 0 Å². The zero-order valence-corrected chi connectivity index (χ0v) is 11.9. The summed E-state index contributed by atoms with van der Waals surface area (Å²) in [6.07, 6.45) is -38.8. The number of carboxylic acids is 1. The third-order valence-electron chi connectivity index (χ3n) is 1.88. The van der Waals surface area contributed by atoms with Crippen LogP contribution in [-0.4, -0.2) is 54.5 Å². The van der Waals surface area contributed by atoms with Crippen LogP contribution in [0, 0.1) is 0 Å². The molecule has 1 atom stereocenters. The lowest BCUT2D eigenvalue weighted by Crippen LogP contribution is -2.54. The molecule has 0 saturated heterocycles. The highest BCUT2D eigenvalue weighted by molar-refractivity contribution is 5.75. The molecule has 28 heavy (non-hydrogen) atoms. The SMILES string of the molecule is O=C(O)C(F)(F)C(F)OC(F)(F)C(F)(F)OC(F)(F)OC(F)(F)OC(F)(F)F. The number of rotatable bonds is 10. The van der Waals surface area contributed by atoms with Gasteiger partial charge in [0, 0.05) is 0 Å². The first-order valence-corrected chi connectivity index (χ1v) is 5.56. The van der Waals surface area contributed by atoms with Gasteiger partial charge in [-0.25, -0.2) is 18.7 Å². The van der Waals surface area contributed by atoms with Crippen LogP contribution >= 0.6 is 0 Å². The van der Waals surface area contributed by atoms with Crippen LogP contribution in [0.15, 0.2) is 0 Å². The minimum absolute atomic E-state index is 1.59. The number of hydrogen-bond donors (Lipinski definition) is 1. The second-order valence-corrected chi connectivity index (χ2v) is 4.07. The summed E-state index contributed by atoms with van der Waals surface area (Å²) < 4.78 is 180. The van der Waals surface area contributed by atoms with E-state index in [4.69, 9.17) is 5.11 Å². The van der Waals surface area contributed by atoms with Crippen molar-refractivity contribution < 1.29 is 90.3 Å². The van der Waals surface area contributed by atoms with Crippen LogP contribution in [0.1, 0.15) is 0 Å². The number of hydrogen-bond acceptors (Lipinski definition) is 5. The Kier molecular flexibility index (Phi) is 7.17. The average molecular weight is 460 g/mol. The number of alkyl halides is 14. The third-order valence-corrected chi connectivity index (χ3v) is 1.88. The largest absolute Gasteiger partial charge is 0.529 e. The summed E-state index contributed by atoms with van der Waals surface area (Å²) in [7, 11) is 0. The molecule has 0 amide bonds. The molecule has 0 bridgehead atoms. The summed E-state index contributed by atoms with van der Waals surface area (Å²) in [5.74, 6) is -9.48. The highest BCUT2D eigenvalue weighted by Crippen LogP contribution is 2.44. The van der Waals surface area contributed by atoms with E-state index in [-0.39, 0.29) is 0 Å². The Labute approximate surface area is 141 Å². The van der Waals surface area contributed by atoms with Crippen LogP contribution in [0.4, 0.5) is 61.5 Å². The van der Waals surface area contributed by atoms with E-state index in [1.54, 1.807) is 14.2 Å². The van der Waals surface area contributed by atoms with Gasteiger partial charge in [-0.1, -0.05) is 0 Å². The Morgan fingerprint density at radius 2 is 1.07 bits per heavy atom. The summed E-state index contributed by atoms with van der Waals surface area (Å²) in [5, 5.41) is 7.76. The number of aliphatic carboxylic acids is 1. The summed E-state index contributed by atoms with van der Waals surface area (Å²) in [5.41, 5.74) is 0. The summed E-state index contributed by atoms with van der Waals surface area (Å²) in [6.45, 7) is 0. The summed E-state index contributed by atoms with van der Waals surface area (Å²) >= 11 is 0. The molecule has 0 aromatic carbocycles. The van der Waals surface area contributed by atoms with Crippen molar-refractivity contribution in [3.05, 3.63) is 0 Å². The normalized spacial score (nSPS) is 16.2. The lowest BCUT2D eigenvalue weighted by atomic mass is 10.3. The fraction of sp³-hybridized carbons (Fsp3) is 0.875. The van der Waals surface area contributed by atoms with Crippen molar-refractivity contribution in [1.82, 2.24) is 0 Å². The van der Waals surface area contributed by atoms with Gasteiger partial charge in [0.25, 0.3) is 6.36 Å². The van der Waals surface area contributed by atoms with Crippen molar-refractivity contribution in [2.45, 2.75) is 43.4 Å². The van der Waals surface area contributed by atoms with E-state index in [0.29, 0.717) is 0 Å². The maximum Gasteiger partial charge on any atom is 0.529 e. The van der Waals surface area contributed by atoms with Gasteiger partial charge < -0.3 is 5.11 Å². The lowest BCUT2D eigenvalue weighted by molar-refractivity contribution is -0.600. The van der Waals surface area contributed by atoms with Crippen LogP contribution in [0.2, 0.25) is 0 Å². The molecule has 0 heterocycles. The Morgan fingerprint density at radius 1 is 0.679 bits per heavy atom. The maximum atomic E-state index is 12.8. The Morgan fingerprint density at radius 3 is 1.43 bits per heavy atom. The van der Waals surface area contributed by atoms with Crippen molar-refractivity contribution in [2.75, 3.05) is 0 Å². The van der Waals surface area contributed by atoms with Crippen molar-refractivity contribution >= 4 is 5.97 Å². The fourth-order valence-electron chi connectivity index (χ4n) is 0.893. The van der Waals surface area contributed by atoms with Crippen molar-refractivity contribution in [3.63, 3.8) is 0 Å². The van der Waals surface area contributed by atoms with Gasteiger partial charge in [0.1, 0.15) is 0 Å². The lowest BCUT2D eigenvalue weighted by Gasteiger charge is -2.31. The second kappa shape index (κ2) is 7.63. The van der Waals surface area contributed by atoms with Gasteiger partial charge in [0.2, 0.25) is 0 Å². The standard InChI is InChI=1S/C8H2F14O6/c9-1(3(10,11)2(23)24)25-4(12,13)5(14,15)26-7(19,20)28-8(21,22)27-6(16,17)18/h1H,(H,23,24). The van der Waals surface area contributed by atoms with Crippen LogP contribution in [0.5, 0.6) is 0 Å². The minimum Gasteiger partial charge on any atom is -0.477 e. The quantitative estimate of drug-likeness (QED) is 0.394. The molecule has 0 radical (unpaired) electrons. The predicted octanol–water partition coefficient (Wildman–Crippen LogP) is 3.87. The monoisotopic (exact) mass is 460 g/mol. The van der Waals surface area contributed by atoms with E-state index in [1.165, 1.54) is 0 Å². The molecule has 0 rings (SSSR count). The molecule has 0 aromatic heterocycles. The van der Waals surface area contributed by atoms with Gasteiger partial charge in [-0.3, -0.25) is 4.74 Å². The topological polar surface area (TPSA) is 74.2 Å². The molecule has 0 fully saturated rings. The number of ether oxygens (including phenoxy) is 4. The Bertz CT molecular complexity index is 559. The van der Waals surface area contributed by atoms with E-state index < -0.39 is 49.4 Å². The molecule has 1 unspecified atom stereocenters. The van der Waals surface area contributed by atoms with E-state index in [0.717, 1.165) is 0 Å². The average Bonchev–Trinajstić information content (AvgIpc) is 2.30. The first-order chi connectivity index (χ1) is 11.9. The van der Waals surface area contributed by atoms with Gasteiger partial charge in [0.05, 0.1) is 0 Å². The number of carboxylic acid groups (broad SMARTS) is 1. The highest BCUT2D eigenvalue weighted by atomic mass is 19.4. The fourth-order valence-corrected chi connectivity index (χ4v) is 0.893. The van der Waals surface area contributed by atoms with Crippen molar-refractivity contribution in [3.8, 4) is 0 Å². The molecule has 0 spiro atoms. The second-order valence-electron chi connectivity index (χ2n) is 4.07. The molecule has 6 nitrogen and oxygen atoms in total. The zero-order chi connectivity index (χ0) is 23.0. The predicted molar refractivity (Wildman–Crippen MR) is 47.7 cm³/mol.